The minimum absolute atomic E-state index is 0.0868. The molecule has 0 saturated heterocycles. The highest BCUT2D eigenvalue weighted by atomic mass is 16.5. The number of aliphatic hydroxyl groups excluding tert-OH is 2. The molecule has 0 heterocycles. The summed E-state index contributed by atoms with van der Waals surface area (Å²) in [4.78, 5) is 9.00. The number of hydrogen-bond donors (Lipinski definition) is 3. The standard InChI is InChI=1S/C12H26O2.C4H10O.C2H4O2/c1-2-3-4-5-6-7-8-9-10-12(14)11-13;1-3-5-4-2;1-2(3)4/h12-14H,2-11H2,1H3;3-4H2,1-2H3;1H3,(H,3,4). The predicted octanol–water partition coefficient (Wildman–Crippen LogP) is 4.00. The molecule has 3 N–H and O–H groups in total. The van der Waals surface area contributed by atoms with E-state index < -0.39 is 12.1 Å². The summed E-state index contributed by atoms with van der Waals surface area (Å²) in [7, 11) is 0. The summed E-state index contributed by atoms with van der Waals surface area (Å²) in [5, 5.41) is 25.1. The minimum atomic E-state index is -0.833. The second kappa shape index (κ2) is 26.3. The van der Waals surface area contributed by atoms with Crippen LogP contribution in [0.25, 0.3) is 0 Å². The van der Waals surface area contributed by atoms with Crippen LogP contribution in [0.1, 0.15) is 85.5 Å². The Morgan fingerprint density at radius 1 is 0.913 bits per heavy atom. The molecule has 0 amide bonds. The lowest BCUT2D eigenvalue weighted by Gasteiger charge is -2.06. The van der Waals surface area contributed by atoms with Crippen LogP contribution in [0.3, 0.4) is 0 Å². The lowest BCUT2D eigenvalue weighted by atomic mass is 10.1. The van der Waals surface area contributed by atoms with Gasteiger partial charge in [0.2, 0.25) is 0 Å². The molecule has 0 aliphatic rings. The average molecular weight is 337 g/mol. The van der Waals surface area contributed by atoms with Gasteiger partial charge in [-0.05, 0) is 20.3 Å². The zero-order valence-electron chi connectivity index (χ0n) is 15.7. The summed E-state index contributed by atoms with van der Waals surface area (Å²) in [5.74, 6) is -0.833. The normalized spacial score (nSPS) is 10.9. The highest BCUT2D eigenvalue weighted by Crippen LogP contribution is 2.10. The Morgan fingerprint density at radius 3 is 1.61 bits per heavy atom. The van der Waals surface area contributed by atoms with Crippen LogP contribution in [-0.2, 0) is 9.53 Å². The van der Waals surface area contributed by atoms with Crippen LogP contribution < -0.4 is 0 Å². The molecule has 0 fully saturated rings. The Morgan fingerprint density at radius 2 is 1.30 bits per heavy atom. The number of rotatable bonds is 12. The molecule has 0 saturated carbocycles. The first kappa shape index (κ1) is 27.2. The van der Waals surface area contributed by atoms with Crippen molar-refractivity contribution in [2.75, 3.05) is 19.8 Å². The van der Waals surface area contributed by atoms with Gasteiger partial charge in [0.15, 0.2) is 0 Å². The maximum atomic E-state index is 9.08. The molecular formula is C18H40O5. The Hall–Kier alpha value is -0.650. The quantitative estimate of drug-likeness (QED) is 0.469. The van der Waals surface area contributed by atoms with Gasteiger partial charge in [-0.1, -0.05) is 58.3 Å². The molecule has 5 heteroatoms. The van der Waals surface area contributed by atoms with E-state index in [1.54, 1.807) is 0 Å². The number of ether oxygens (including phenoxy) is 1. The molecule has 0 spiro atoms. The van der Waals surface area contributed by atoms with Crippen molar-refractivity contribution in [2.24, 2.45) is 0 Å². The summed E-state index contributed by atoms with van der Waals surface area (Å²) in [5.41, 5.74) is 0. The lowest BCUT2D eigenvalue weighted by Crippen LogP contribution is -2.10. The molecule has 0 radical (unpaired) electrons. The van der Waals surface area contributed by atoms with E-state index in [0.717, 1.165) is 33.0 Å². The third-order valence-corrected chi connectivity index (χ3v) is 3.01. The van der Waals surface area contributed by atoms with Crippen molar-refractivity contribution in [3.8, 4) is 0 Å². The smallest absolute Gasteiger partial charge is 0.300 e. The number of aliphatic carboxylic acids is 1. The molecule has 0 aromatic heterocycles. The van der Waals surface area contributed by atoms with Crippen LogP contribution >= 0.6 is 0 Å². The van der Waals surface area contributed by atoms with Crippen molar-refractivity contribution < 1.29 is 24.9 Å². The van der Waals surface area contributed by atoms with Crippen LogP contribution in [-0.4, -0.2) is 47.2 Å². The molecule has 23 heavy (non-hydrogen) atoms. The van der Waals surface area contributed by atoms with Gasteiger partial charge in [-0.25, -0.2) is 0 Å². The maximum Gasteiger partial charge on any atom is 0.300 e. The van der Waals surface area contributed by atoms with Crippen molar-refractivity contribution in [1.29, 1.82) is 0 Å². The van der Waals surface area contributed by atoms with Gasteiger partial charge in [0, 0.05) is 20.1 Å². The average Bonchev–Trinajstić information content (AvgIpc) is 2.50. The van der Waals surface area contributed by atoms with E-state index in [9.17, 15) is 0 Å². The van der Waals surface area contributed by atoms with E-state index in [4.69, 9.17) is 24.9 Å². The molecular weight excluding hydrogens is 296 g/mol. The number of carboxylic acid groups (broad SMARTS) is 1. The van der Waals surface area contributed by atoms with Gasteiger partial charge in [0.25, 0.3) is 5.97 Å². The summed E-state index contributed by atoms with van der Waals surface area (Å²) >= 11 is 0. The fourth-order valence-electron chi connectivity index (χ4n) is 1.81. The number of carboxylic acids is 1. The Kier molecular flexibility index (Phi) is 31.1. The molecule has 1 unspecified atom stereocenters. The molecule has 142 valence electrons. The van der Waals surface area contributed by atoms with E-state index in [2.05, 4.69) is 6.92 Å². The van der Waals surface area contributed by atoms with E-state index in [1.165, 1.54) is 44.9 Å². The molecule has 0 aromatic rings. The number of aliphatic hydroxyl groups is 2. The van der Waals surface area contributed by atoms with Crippen molar-refractivity contribution in [1.82, 2.24) is 0 Å². The predicted molar refractivity (Wildman–Crippen MR) is 95.8 cm³/mol. The summed E-state index contributed by atoms with van der Waals surface area (Å²) in [6.07, 6.45) is 10.5. The maximum absolute atomic E-state index is 9.08. The first-order chi connectivity index (χ1) is 11.0. The van der Waals surface area contributed by atoms with E-state index in [-0.39, 0.29) is 6.61 Å². The van der Waals surface area contributed by atoms with E-state index in [0.29, 0.717) is 0 Å². The van der Waals surface area contributed by atoms with Gasteiger partial charge < -0.3 is 20.1 Å². The van der Waals surface area contributed by atoms with E-state index >= 15 is 0 Å². The van der Waals surface area contributed by atoms with E-state index in [1.807, 2.05) is 13.8 Å². The molecule has 0 aliphatic carbocycles. The van der Waals surface area contributed by atoms with Gasteiger partial charge in [0.05, 0.1) is 12.7 Å². The topological polar surface area (TPSA) is 87.0 Å². The monoisotopic (exact) mass is 336 g/mol. The molecule has 0 rings (SSSR count). The Bertz CT molecular complexity index is 204. The highest BCUT2D eigenvalue weighted by molar-refractivity contribution is 5.62. The van der Waals surface area contributed by atoms with Crippen LogP contribution in [0.2, 0.25) is 0 Å². The molecule has 0 bridgehead atoms. The molecule has 1 atom stereocenters. The first-order valence-corrected chi connectivity index (χ1v) is 9.02. The van der Waals surface area contributed by atoms with Crippen molar-refractivity contribution >= 4 is 5.97 Å². The van der Waals surface area contributed by atoms with Gasteiger partial charge in [-0.2, -0.15) is 0 Å². The lowest BCUT2D eigenvalue weighted by molar-refractivity contribution is -0.134. The van der Waals surface area contributed by atoms with Crippen molar-refractivity contribution in [3.05, 3.63) is 0 Å². The van der Waals surface area contributed by atoms with Crippen molar-refractivity contribution in [3.63, 3.8) is 0 Å². The van der Waals surface area contributed by atoms with Gasteiger partial charge in [-0.15, -0.1) is 0 Å². The zero-order valence-corrected chi connectivity index (χ0v) is 15.7. The third kappa shape index (κ3) is 44.9. The van der Waals surface area contributed by atoms with Gasteiger partial charge >= 0.3 is 0 Å². The highest BCUT2D eigenvalue weighted by Gasteiger charge is 2.00. The summed E-state index contributed by atoms with van der Waals surface area (Å²) in [6, 6.07) is 0. The summed E-state index contributed by atoms with van der Waals surface area (Å²) in [6.45, 7) is 8.90. The van der Waals surface area contributed by atoms with Crippen molar-refractivity contribution in [2.45, 2.75) is 91.6 Å². The third-order valence-electron chi connectivity index (χ3n) is 3.01. The fourth-order valence-corrected chi connectivity index (χ4v) is 1.81. The number of hydrogen-bond acceptors (Lipinski definition) is 4. The minimum Gasteiger partial charge on any atom is -0.481 e. The van der Waals surface area contributed by atoms with Crippen LogP contribution in [0, 0.1) is 0 Å². The van der Waals surface area contributed by atoms with Crippen LogP contribution in [0.15, 0.2) is 0 Å². The second-order valence-electron chi connectivity index (χ2n) is 5.40. The van der Waals surface area contributed by atoms with Crippen LogP contribution in [0.5, 0.6) is 0 Å². The zero-order chi connectivity index (χ0) is 18.3. The molecule has 0 aromatic carbocycles. The van der Waals surface area contributed by atoms with Crippen LogP contribution in [0.4, 0.5) is 0 Å². The largest absolute Gasteiger partial charge is 0.481 e. The first-order valence-electron chi connectivity index (χ1n) is 9.02. The number of carbonyl (C=O) groups is 1. The van der Waals surface area contributed by atoms with Gasteiger partial charge in [0.1, 0.15) is 0 Å². The molecule has 5 nitrogen and oxygen atoms in total. The van der Waals surface area contributed by atoms with Gasteiger partial charge in [-0.3, -0.25) is 4.79 Å². The Labute approximate surface area is 143 Å². The fraction of sp³-hybridized carbons (Fsp3) is 0.944. The summed E-state index contributed by atoms with van der Waals surface area (Å²) < 4.78 is 4.83. The number of unbranched alkanes of at least 4 members (excludes halogenated alkanes) is 7. The Balaban J connectivity index is -0.000000365. The second-order valence-corrected chi connectivity index (χ2v) is 5.40. The SMILES string of the molecule is CC(=O)O.CCCCCCCCCCC(O)CO.CCOCC. The molecule has 0 aliphatic heterocycles.